The molecule has 0 spiro atoms. The van der Waals surface area contributed by atoms with Gasteiger partial charge in [0.1, 0.15) is 5.75 Å². The highest BCUT2D eigenvalue weighted by Crippen LogP contribution is 2.19. The van der Waals surface area contributed by atoms with E-state index in [1.54, 1.807) is 0 Å². The number of rotatable bonds is 7. The van der Waals surface area contributed by atoms with Crippen LogP contribution in [0.3, 0.4) is 0 Å². The summed E-state index contributed by atoms with van der Waals surface area (Å²) in [4.78, 5) is 6.80. The third-order valence-corrected chi connectivity index (χ3v) is 5.45. The highest BCUT2D eigenvalue weighted by Gasteiger charge is 2.23. The highest BCUT2D eigenvalue weighted by molar-refractivity contribution is 14.0. The van der Waals surface area contributed by atoms with Crippen molar-refractivity contribution in [1.82, 2.24) is 10.2 Å². The Morgan fingerprint density at radius 1 is 1.21 bits per heavy atom. The maximum absolute atomic E-state index is 6.13. The van der Waals surface area contributed by atoms with E-state index in [1.807, 2.05) is 32.2 Å². The predicted octanol–water partition coefficient (Wildman–Crippen LogP) is 3.83. The zero-order chi connectivity index (χ0) is 19.6. The Balaban J connectivity index is 0.00000300. The second-order valence-electron chi connectivity index (χ2n) is 7.45. The summed E-state index contributed by atoms with van der Waals surface area (Å²) in [6, 6.07) is 8.16. The molecule has 1 atom stereocenters. The number of aliphatic imine (C=N–C) groups is 1. The molecule has 7 heteroatoms. The highest BCUT2D eigenvalue weighted by atomic mass is 127. The lowest BCUT2D eigenvalue weighted by molar-refractivity contribution is -0.0721. The molecule has 0 aliphatic carbocycles. The van der Waals surface area contributed by atoms with Crippen LogP contribution < -0.4 is 10.1 Å². The summed E-state index contributed by atoms with van der Waals surface area (Å²) in [6.45, 7) is 6.94. The molecule has 6 nitrogen and oxygen atoms in total. The Bertz CT molecular complexity index is 615. The minimum atomic E-state index is 0. The van der Waals surface area contributed by atoms with E-state index in [1.165, 1.54) is 12.8 Å². The van der Waals surface area contributed by atoms with Crippen LogP contribution in [0.4, 0.5) is 0 Å². The Labute approximate surface area is 192 Å². The number of piperidine rings is 1. The number of nitrogens with zero attached hydrogens (tertiary/aromatic N) is 2. The van der Waals surface area contributed by atoms with Crippen molar-refractivity contribution in [3.8, 4) is 5.75 Å². The Kier molecular flexibility index (Phi) is 11.1. The topological polar surface area (TPSA) is 55.3 Å². The second kappa shape index (κ2) is 13.3. The summed E-state index contributed by atoms with van der Waals surface area (Å²) in [5.74, 6) is 1.88. The predicted molar refractivity (Wildman–Crippen MR) is 127 cm³/mol. The lowest BCUT2D eigenvalue weighted by Gasteiger charge is -2.35. The van der Waals surface area contributed by atoms with Crippen molar-refractivity contribution in [1.29, 1.82) is 0 Å². The normalized spacial score (nSPS) is 20.8. The first kappa shape index (κ1) is 24.2. The standard InChI is InChI=1S/C22H35N3O3.HI/c1-3-26-21-10-5-4-8-18(21)16-24-22(23-2)25-13-11-19(12-14-25)28-17-20-9-6-7-15-27-20;/h4-5,8,10,19-20H,3,6-7,9,11-17H2,1-2H3,(H,23,24);1H. The quantitative estimate of drug-likeness (QED) is 0.339. The second-order valence-corrected chi connectivity index (χ2v) is 7.45. The van der Waals surface area contributed by atoms with Crippen molar-refractivity contribution in [2.75, 3.05) is 40.0 Å². The lowest BCUT2D eigenvalue weighted by Crippen LogP contribution is -2.47. The molecular weight excluding hydrogens is 481 g/mol. The molecular formula is C22H36IN3O3. The van der Waals surface area contributed by atoms with Crippen LogP contribution in [0.2, 0.25) is 0 Å². The molecule has 1 unspecified atom stereocenters. The average molecular weight is 517 g/mol. The average Bonchev–Trinajstić information content (AvgIpc) is 2.75. The number of hydrogen-bond acceptors (Lipinski definition) is 4. The molecule has 0 aromatic heterocycles. The van der Waals surface area contributed by atoms with Crippen molar-refractivity contribution < 1.29 is 14.2 Å². The van der Waals surface area contributed by atoms with E-state index in [0.29, 0.717) is 25.4 Å². The number of nitrogens with one attached hydrogen (secondary N) is 1. The van der Waals surface area contributed by atoms with Gasteiger partial charge in [0.05, 0.1) is 25.4 Å². The summed E-state index contributed by atoms with van der Waals surface area (Å²) in [7, 11) is 1.85. The number of likely N-dealkylation sites (tertiary alicyclic amines) is 1. The van der Waals surface area contributed by atoms with E-state index in [0.717, 1.165) is 62.8 Å². The largest absolute Gasteiger partial charge is 0.494 e. The van der Waals surface area contributed by atoms with Gasteiger partial charge < -0.3 is 24.4 Å². The van der Waals surface area contributed by atoms with Gasteiger partial charge in [-0.2, -0.15) is 0 Å². The van der Waals surface area contributed by atoms with Gasteiger partial charge in [0.25, 0.3) is 0 Å². The molecule has 3 rings (SSSR count). The molecule has 1 N–H and O–H groups in total. The van der Waals surface area contributed by atoms with E-state index in [4.69, 9.17) is 14.2 Å². The van der Waals surface area contributed by atoms with Gasteiger partial charge in [-0.25, -0.2) is 0 Å². The minimum absolute atomic E-state index is 0. The molecule has 0 amide bonds. The molecule has 2 aliphatic rings. The van der Waals surface area contributed by atoms with Crippen LogP contribution in [-0.4, -0.2) is 63.0 Å². The van der Waals surface area contributed by atoms with Crippen LogP contribution in [0.1, 0.15) is 44.6 Å². The van der Waals surface area contributed by atoms with E-state index < -0.39 is 0 Å². The van der Waals surface area contributed by atoms with Crippen molar-refractivity contribution >= 4 is 29.9 Å². The lowest BCUT2D eigenvalue weighted by atomic mass is 10.1. The number of guanidine groups is 1. The molecule has 0 radical (unpaired) electrons. The van der Waals surface area contributed by atoms with Crippen molar-refractivity contribution in [3.05, 3.63) is 29.8 Å². The third-order valence-electron chi connectivity index (χ3n) is 5.45. The summed E-state index contributed by atoms with van der Waals surface area (Å²) < 4.78 is 17.6. The van der Waals surface area contributed by atoms with Gasteiger partial charge in [-0.1, -0.05) is 18.2 Å². The van der Waals surface area contributed by atoms with Gasteiger partial charge in [-0.3, -0.25) is 4.99 Å². The number of hydrogen-bond donors (Lipinski definition) is 1. The van der Waals surface area contributed by atoms with Crippen molar-refractivity contribution in [2.45, 2.75) is 57.8 Å². The number of para-hydroxylation sites is 1. The van der Waals surface area contributed by atoms with Crippen LogP contribution >= 0.6 is 24.0 Å². The molecule has 2 saturated heterocycles. The van der Waals surface area contributed by atoms with Crippen molar-refractivity contribution in [2.24, 2.45) is 4.99 Å². The first-order chi connectivity index (χ1) is 13.8. The Hall–Kier alpha value is -1.06. The van der Waals surface area contributed by atoms with Gasteiger partial charge in [0.15, 0.2) is 5.96 Å². The van der Waals surface area contributed by atoms with Crippen LogP contribution in [-0.2, 0) is 16.0 Å². The molecule has 29 heavy (non-hydrogen) atoms. The molecule has 0 saturated carbocycles. The fraction of sp³-hybridized carbons (Fsp3) is 0.682. The van der Waals surface area contributed by atoms with Crippen LogP contribution in [0, 0.1) is 0 Å². The monoisotopic (exact) mass is 517 g/mol. The van der Waals surface area contributed by atoms with Crippen LogP contribution in [0.25, 0.3) is 0 Å². The third kappa shape index (κ3) is 7.61. The molecule has 1 aromatic rings. The van der Waals surface area contributed by atoms with Gasteiger partial charge in [0, 0.05) is 38.9 Å². The van der Waals surface area contributed by atoms with Crippen LogP contribution in [0.15, 0.2) is 29.3 Å². The first-order valence-electron chi connectivity index (χ1n) is 10.7. The summed E-state index contributed by atoms with van der Waals surface area (Å²) in [5, 5.41) is 3.49. The molecule has 1 aromatic carbocycles. The van der Waals surface area contributed by atoms with Crippen LogP contribution in [0.5, 0.6) is 5.75 Å². The fourth-order valence-electron chi connectivity index (χ4n) is 3.87. The molecule has 0 bridgehead atoms. The van der Waals surface area contributed by atoms with E-state index in [-0.39, 0.29) is 24.0 Å². The SMILES string of the molecule is CCOc1ccccc1CNC(=NC)N1CCC(OCC2CCCCO2)CC1.I. The van der Waals surface area contributed by atoms with Gasteiger partial charge in [-0.15, -0.1) is 24.0 Å². The maximum Gasteiger partial charge on any atom is 0.193 e. The zero-order valence-electron chi connectivity index (χ0n) is 17.8. The van der Waals surface area contributed by atoms with E-state index in [2.05, 4.69) is 21.3 Å². The number of halogens is 1. The van der Waals surface area contributed by atoms with Gasteiger partial charge >= 0.3 is 0 Å². The Morgan fingerprint density at radius 3 is 2.69 bits per heavy atom. The summed E-state index contributed by atoms with van der Waals surface area (Å²) in [5.41, 5.74) is 1.15. The summed E-state index contributed by atoms with van der Waals surface area (Å²) >= 11 is 0. The van der Waals surface area contributed by atoms with Gasteiger partial charge in [-0.05, 0) is 45.1 Å². The van der Waals surface area contributed by atoms with E-state index in [9.17, 15) is 0 Å². The number of benzene rings is 1. The Morgan fingerprint density at radius 2 is 2.00 bits per heavy atom. The minimum Gasteiger partial charge on any atom is -0.494 e. The first-order valence-corrected chi connectivity index (χ1v) is 10.7. The van der Waals surface area contributed by atoms with E-state index >= 15 is 0 Å². The molecule has 2 heterocycles. The van der Waals surface area contributed by atoms with Crippen molar-refractivity contribution in [3.63, 3.8) is 0 Å². The fourth-order valence-corrected chi connectivity index (χ4v) is 3.87. The molecule has 2 aliphatic heterocycles. The molecule has 164 valence electrons. The zero-order valence-corrected chi connectivity index (χ0v) is 20.1. The maximum atomic E-state index is 6.13. The molecule has 2 fully saturated rings. The summed E-state index contributed by atoms with van der Waals surface area (Å²) in [6.07, 6.45) is 6.28. The smallest absolute Gasteiger partial charge is 0.193 e. The number of ether oxygens (including phenoxy) is 3. The van der Waals surface area contributed by atoms with Gasteiger partial charge in [0.2, 0.25) is 0 Å².